The summed E-state index contributed by atoms with van der Waals surface area (Å²) in [5.74, 6) is 1.50. The van der Waals surface area contributed by atoms with Gasteiger partial charge in [-0.1, -0.05) is 41.6 Å². The largest absolute Gasteiger partial charge is 0.493 e. The lowest BCUT2D eigenvalue weighted by Gasteiger charge is -2.10. The number of aryl methyl sites for hydroxylation is 1. The average molecular weight is 352 g/mol. The predicted molar refractivity (Wildman–Crippen MR) is 97.4 cm³/mol. The van der Waals surface area contributed by atoms with E-state index in [4.69, 9.17) is 14.0 Å². The van der Waals surface area contributed by atoms with Gasteiger partial charge in [-0.05, 0) is 24.6 Å². The molecule has 0 radical (unpaired) electrons. The highest BCUT2D eigenvalue weighted by Crippen LogP contribution is 2.28. The maximum absolute atomic E-state index is 12.7. The lowest BCUT2D eigenvalue weighted by Crippen LogP contribution is -2.23. The van der Waals surface area contributed by atoms with Crippen LogP contribution in [0.2, 0.25) is 0 Å². The molecule has 26 heavy (non-hydrogen) atoms. The Morgan fingerprint density at radius 1 is 1.08 bits per heavy atom. The van der Waals surface area contributed by atoms with E-state index in [0.717, 1.165) is 11.1 Å². The molecule has 0 atom stereocenters. The third-order valence-electron chi connectivity index (χ3n) is 4.04. The Morgan fingerprint density at radius 3 is 2.50 bits per heavy atom. The summed E-state index contributed by atoms with van der Waals surface area (Å²) in [5.41, 5.74) is 2.71. The van der Waals surface area contributed by atoms with Gasteiger partial charge in [0.25, 0.3) is 5.91 Å². The molecule has 0 aliphatic heterocycles. The molecule has 3 rings (SSSR count). The third-order valence-corrected chi connectivity index (χ3v) is 4.04. The zero-order valence-electron chi connectivity index (χ0n) is 14.9. The Hall–Kier alpha value is -3.28. The van der Waals surface area contributed by atoms with Crippen LogP contribution in [0.15, 0.2) is 53.1 Å². The molecule has 6 heteroatoms. The summed E-state index contributed by atoms with van der Waals surface area (Å²) < 4.78 is 15.8. The molecule has 0 fully saturated rings. The fourth-order valence-corrected chi connectivity index (χ4v) is 2.69. The number of nitrogens with one attached hydrogen (secondary N) is 1. The van der Waals surface area contributed by atoms with Gasteiger partial charge < -0.3 is 19.3 Å². The van der Waals surface area contributed by atoms with Crippen molar-refractivity contribution in [1.82, 2.24) is 10.5 Å². The molecular weight excluding hydrogens is 332 g/mol. The van der Waals surface area contributed by atoms with Crippen molar-refractivity contribution in [3.8, 4) is 22.8 Å². The van der Waals surface area contributed by atoms with Crippen molar-refractivity contribution < 1.29 is 18.8 Å². The Morgan fingerprint density at radius 2 is 1.81 bits per heavy atom. The van der Waals surface area contributed by atoms with E-state index in [0.29, 0.717) is 35.1 Å². The van der Waals surface area contributed by atoms with E-state index in [1.165, 1.54) is 0 Å². The molecule has 0 unspecified atom stereocenters. The van der Waals surface area contributed by atoms with Crippen LogP contribution < -0.4 is 14.8 Å². The Bertz CT molecular complexity index is 903. The molecule has 0 aliphatic rings. The minimum Gasteiger partial charge on any atom is -0.493 e. The van der Waals surface area contributed by atoms with E-state index in [2.05, 4.69) is 10.5 Å². The van der Waals surface area contributed by atoms with Crippen molar-refractivity contribution >= 4 is 5.91 Å². The SMILES string of the molecule is COc1ccc(CNC(=O)c2c(-c3ccccc3)noc2C)cc1OC. The number of ether oxygens (including phenoxy) is 2. The molecule has 6 nitrogen and oxygen atoms in total. The van der Waals surface area contributed by atoms with Gasteiger partial charge in [-0.3, -0.25) is 4.79 Å². The van der Waals surface area contributed by atoms with Gasteiger partial charge in [0, 0.05) is 12.1 Å². The van der Waals surface area contributed by atoms with Crippen molar-refractivity contribution in [3.05, 3.63) is 65.4 Å². The standard InChI is InChI=1S/C20H20N2O4/c1-13-18(19(22-26-13)15-7-5-4-6-8-15)20(23)21-12-14-9-10-16(24-2)17(11-14)25-3/h4-11H,12H2,1-3H3,(H,21,23). The quantitative estimate of drug-likeness (QED) is 0.734. The molecule has 1 amide bonds. The number of amides is 1. The highest BCUT2D eigenvalue weighted by Gasteiger charge is 2.21. The Kier molecular flexibility index (Phi) is 5.22. The molecule has 134 valence electrons. The van der Waals surface area contributed by atoms with E-state index < -0.39 is 0 Å². The van der Waals surface area contributed by atoms with Crippen molar-refractivity contribution in [3.63, 3.8) is 0 Å². The highest BCUT2D eigenvalue weighted by atomic mass is 16.5. The summed E-state index contributed by atoms with van der Waals surface area (Å²) in [5, 5.41) is 6.95. The highest BCUT2D eigenvalue weighted by molar-refractivity contribution is 6.00. The van der Waals surface area contributed by atoms with Crippen LogP contribution in [0, 0.1) is 6.92 Å². The molecular formula is C20H20N2O4. The van der Waals surface area contributed by atoms with E-state index in [-0.39, 0.29) is 5.91 Å². The number of benzene rings is 2. The van der Waals surface area contributed by atoms with Gasteiger partial charge in [0.2, 0.25) is 0 Å². The summed E-state index contributed by atoms with van der Waals surface area (Å²) in [6, 6.07) is 15.0. The number of hydrogen-bond acceptors (Lipinski definition) is 5. The van der Waals surface area contributed by atoms with Crippen molar-refractivity contribution in [1.29, 1.82) is 0 Å². The number of carbonyl (C=O) groups is 1. The topological polar surface area (TPSA) is 73.6 Å². The maximum Gasteiger partial charge on any atom is 0.257 e. The van der Waals surface area contributed by atoms with Gasteiger partial charge >= 0.3 is 0 Å². The van der Waals surface area contributed by atoms with Crippen molar-refractivity contribution in [2.75, 3.05) is 14.2 Å². The second kappa shape index (κ2) is 7.74. The number of nitrogens with zero attached hydrogens (tertiary/aromatic N) is 1. The number of rotatable bonds is 6. The van der Waals surface area contributed by atoms with Gasteiger partial charge in [0.1, 0.15) is 17.0 Å². The van der Waals surface area contributed by atoms with Crippen LogP contribution in [-0.4, -0.2) is 25.3 Å². The first-order valence-electron chi connectivity index (χ1n) is 8.14. The van der Waals surface area contributed by atoms with E-state index in [1.54, 1.807) is 27.2 Å². The molecule has 0 saturated carbocycles. The molecule has 0 saturated heterocycles. The molecule has 0 bridgehead atoms. The van der Waals surface area contributed by atoms with Gasteiger partial charge in [0.15, 0.2) is 11.5 Å². The fraction of sp³-hybridized carbons (Fsp3) is 0.200. The predicted octanol–water partition coefficient (Wildman–Crippen LogP) is 3.60. The van der Waals surface area contributed by atoms with Crippen LogP contribution in [-0.2, 0) is 6.54 Å². The molecule has 1 N–H and O–H groups in total. The second-order valence-corrected chi connectivity index (χ2v) is 5.70. The van der Waals surface area contributed by atoms with Gasteiger partial charge in [0.05, 0.1) is 14.2 Å². The third kappa shape index (κ3) is 3.54. The lowest BCUT2D eigenvalue weighted by molar-refractivity contribution is 0.0950. The minimum absolute atomic E-state index is 0.239. The first kappa shape index (κ1) is 17.5. The number of methoxy groups -OCH3 is 2. The maximum atomic E-state index is 12.7. The number of aromatic nitrogens is 1. The van der Waals surface area contributed by atoms with Crippen LogP contribution in [0.4, 0.5) is 0 Å². The smallest absolute Gasteiger partial charge is 0.257 e. The van der Waals surface area contributed by atoms with Gasteiger partial charge in [-0.15, -0.1) is 0 Å². The first-order valence-corrected chi connectivity index (χ1v) is 8.14. The normalized spacial score (nSPS) is 10.4. The average Bonchev–Trinajstić information content (AvgIpc) is 3.08. The number of carbonyl (C=O) groups excluding carboxylic acids is 1. The Labute approximate surface area is 151 Å². The summed E-state index contributed by atoms with van der Waals surface area (Å²) >= 11 is 0. The molecule has 2 aromatic carbocycles. The zero-order chi connectivity index (χ0) is 18.5. The summed E-state index contributed by atoms with van der Waals surface area (Å²) in [6.45, 7) is 2.07. The van der Waals surface area contributed by atoms with Crippen LogP contribution in [0.3, 0.4) is 0 Å². The molecule has 0 spiro atoms. The molecule has 3 aromatic rings. The van der Waals surface area contributed by atoms with E-state index >= 15 is 0 Å². The lowest BCUT2D eigenvalue weighted by atomic mass is 10.1. The van der Waals surface area contributed by atoms with Crippen LogP contribution in [0.1, 0.15) is 21.7 Å². The molecule has 0 aliphatic carbocycles. The fourth-order valence-electron chi connectivity index (χ4n) is 2.69. The van der Waals surface area contributed by atoms with E-state index in [9.17, 15) is 4.79 Å². The van der Waals surface area contributed by atoms with Crippen molar-refractivity contribution in [2.24, 2.45) is 0 Å². The Balaban J connectivity index is 1.78. The number of hydrogen-bond donors (Lipinski definition) is 1. The minimum atomic E-state index is -0.239. The second-order valence-electron chi connectivity index (χ2n) is 5.70. The van der Waals surface area contributed by atoms with Crippen molar-refractivity contribution in [2.45, 2.75) is 13.5 Å². The molecule has 1 heterocycles. The van der Waals surface area contributed by atoms with Gasteiger partial charge in [-0.25, -0.2) is 0 Å². The van der Waals surface area contributed by atoms with Gasteiger partial charge in [-0.2, -0.15) is 0 Å². The monoisotopic (exact) mass is 352 g/mol. The van der Waals surface area contributed by atoms with Crippen LogP contribution in [0.5, 0.6) is 11.5 Å². The summed E-state index contributed by atoms with van der Waals surface area (Å²) in [4.78, 5) is 12.7. The first-order chi connectivity index (χ1) is 12.6. The van der Waals surface area contributed by atoms with Crippen LogP contribution >= 0.6 is 0 Å². The molecule has 1 aromatic heterocycles. The summed E-state index contributed by atoms with van der Waals surface area (Å²) in [7, 11) is 3.16. The van der Waals surface area contributed by atoms with E-state index in [1.807, 2.05) is 42.5 Å². The van der Waals surface area contributed by atoms with Crippen LogP contribution in [0.25, 0.3) is 11.3 Å². The summed E-state index contributed by atoms with van der Waals surface area (Å²) in [6.07, 6.45) is 0. The zero-order valence-corrected chi connectivity index (χ0v) is 14.9.